The summed E-state index contributed by atoms with van der Waals surface area (Å²) in [6.07, 6.45) is 3.66. The number of hydrogen-bond acceptors (Lipinski definition) is 3. The Hall–Kier alpha value is -3.01. The number of carbonyl (C=O) groups excluding carboxylic acids is 2. The van der Waals surface area contributed by atoms with Crippen LogP contribution in [-0.2, 0) is 13.5 Å². The molecule has 0 amide bonds. The minimum absolute atomic E-state index is 0.145. The van der Waals surface area contributed by atoms with E-state index < -0.39 is 0 Å². The van der Waals surface area contributed by atoms with Crippen LogP contribution >= 0.6 is 0 Å². The van der Waals surface area contributed by atoms with E-state index in [1.807, 2.05) is 36.4 Å². The average molecular weight is 318 g/mol. The Kier molecular flexibility index (Phi) is 4.66. The van der Waals surface area contributed by atoms with Gasteiger partial charge in [0.25, 0.3) is 0 Å². The minimum atomic E-state index is -0.214. The Labute approximate surface area is 140 Å². The van der Waals surface area contributed by atoms with E-state index in [-0.39, 0.29) is 18.0 Å². The fraction of sp³-hybridized carbons (Fsp3) is 0.150. The topological polar surface area (TPSA) is 52.0 Å². The molecule has 0 aliphatic carbocycles. The summed E-state index contributed by atoms with van der Waals surface area (Å²) in [7, 11) is 1.74. The van der Waals surface area contributed by atoms with E-state index in [9.17, 15) is 9.59 Å². The number of imidazole rings is 1. The SMILES string of the molecule is Cn1cncc1C(=O)CC(=O)c1cccc(Cc2ccccc2)c1. The maximum absolute atomic E-state index is 12.4. The van der Waals surface area contributed by atoms with Gasteiger partial charge >= 0.3 is 0 Å². The fourth-order valence-corrected chi connectivity index (χ4v) is 2.65. The Morgan fingerprint density at radius 2 is 1.71 bits per heavy atom. The first kappa shape index (κ1) is 15.9. The zero-order chi connectivity index (χ0) is 16.9. The molecule has 3 aromatic rings. The van der Waals surface area contributed by atoms with Gasteiger partial charge in [0, 0.05) is 12.6 Å². The predicted octanol–water partition coefficient (Wildman–Crippen LogP) is 3.47. The summed E-state index contributed by atoms with van der Waals surface area (Å²) >= 11 is 0. The van der Waals surface area contributed by atoms with E-state index in [1.165, 1.54) is 11.8 Å². The first-order chi connectivity index (χ1) is 11.6. The van der Waals surface area contributed by atoms with Gasteiger partial charge in [0.2, 0.25) is 0 Å². The molecule has 0 saturated heterocycles. The highest BCUT2D eigenvalue weighted by molar-refractivity contribution is 6.12. The Morgan fingerprint density at radius 1 is 0.958 bits per heavy atom. The molecule has 0 bridgehead atoms. The molecule has 0 N–H and O–H groups in total. The Balaban J connectivity index is 1.72. The third-order valence-electron chi connectivity index (χ3n) is 3.92. The molecular weight excluding hydrogens is 300 g/mol. The molecule has 0 saturated carbocycles. The smallest absolute Gasteiger partial charge is 0.188 e. The van der Waals surface area contributed by atoms with Crippen LogP contribution < -0.4 is 0 Å². The Bertz CT molecular complexity index is 866. The van der Waals surface area contributed by atoms with Gasteiger partial charge in [-0.25, -0.2) is 4.98 Å². The highest BCUT2D eigenvalue weighted by atomic mass is 16.1. The molecule has 3 rings (SSSR count). The lowest BCUT2D eigenvalue weighted by Crippen LogP contribution is -2.12. The third kappa shape index (κ3) is 3.66. The third-order valence-corrected chi connectivity index (χ3v) is 3.92. The summed E-state index contributed by atoms with van der Waals surface area (Å²) in [5.74, 6) is -0.385. The van der Waals surface area contributed by atoms with Crippen molar-refractivity contribution in [3.8, 4) is 0 Å². The van der Waals surface area contributed by atoms with Crippen molar-refractivity contribution in [3.05, 3.63) is 89.5 Å². The molecule has 2 aromatic carbocycles. The van der Waals surface area contributed by atoms with Crippen LogP contribution in [0, 0.1) is 0 Å². The molecule has 0 unspecified atom stereocenters. The zero-order valence-electron chi connectivity index (χ0n) is 13.5. The summed E-state index contributed by atoms with van der Waals surface area (Å²) in [4.78, 5) is 28.5. The van der Waals surface area contributed by atoms with Gasteiger partial charge in [0.15, 0.2) is 11.6 Å². The number of ketones is 2. The second kappa shape index (κ2) is 7.04. The fourth-order valence-electron chi connectivity index (χ4n) is 2.65. The molecule has 0 fully saturated rings. The van der Waals surface area contributed by atoms with Crippen LogP contribution in [0.5, 0.6) is 0 Å². The molecule has 0 atom stereocenters. The van der Waals surface area contributed by atoms with Crippen LogP contribution in [0.2, 0.25) is 0 Å². The Morgan fingerprint density at radius 3 is 2.42 bits per heavy atom. The van der Waals surface area contributed by atoms with E-state index >= 15 is 0 Å². The van der Waals surface area contributed by atoms with E-state index in [0.717, 1.165) is 12.0 Å². The van der Waals surface area contributed by atoms with E-state index in [1.54, 1.807) is 24.0 Å². The first-order valence-electron chi connectivity index (χ1n) is 7.79. The zero-order valence-corrected chi connectivity index (χ0v) is 13.5. The van der Waals surface area contributed by atoms with Crippen LogP contribution in [0.4, 0.5) is 0 Å². The van der Waals surface area contributed by atoms with Crippen LogP contribution in [-0.4, -0.2) is 21.1 Å². The van der Waals surface area contributed by atoms with Crippen molar-refractivity contribution in [2.45, 2.75) is 12.8 Å². The van der Waals surface area contributed by atoms with Crippen LogP contribution in [0.25, 0.3) is 0 Å². The molecule has 4 nitrogen and oxygen atoms in total. The number of carbonyl (C=O) groups is 2. The highest BCUT2D eigenvalue weighted by Crippen LogP contribution is 2.14. The number of nitrogens with zero attached hydrogens (tertiary/aromatic N) is 2. The summed E-state index contributed by atoms with van der Waals surface area (Å²) < 4.78 is 1.63. The van der Waals surface area contributed by atoms with Crippen molar-refractivity contribution < 1.29 is 9.59 Å². The van der Waals surface area contributed by atoms with Crippen molar-refractivity contribution in [1.29, 1.82) is 0 Å². The van der Waals surface area contributed by atoms with Crippen LogP contribution in [0.1, 0.15) is 38.4 Å². The van der Waals surface area contributed by atoms with Crippen molar-refractivity contribution in [1.82, 2.24) is 9.55 Å². The van der Waals surface area contributed by atoms with Gasteiger partial charge in [-0.2, -0.15) is 0 Å². The van der Waals surface area contributed by atoms with Crippen LogP contribution in [0.3, 0.4) is 0 Å². The number of aryl methyl sites for hydroxylation is 1. The second-order valence-corrected chi connectivity index (χ2v) is 5.78. The summed E-state index contributed by atoms with van der Waals surface area (Å²) in [5.41, 5.74) is 3.26. The highest BCUT2D eigenvalue weighted by Gasteiger charge is 2.16. The molecule has 0 aliphatic rings. The summed E-state index contributed by atoms with van der Waals surface area (Å²) in [6.45, 7) is 0. The monoisotopic (exact) mass is 318 g/mol. The minimum Gasteiger partial charge on any atom is -0.331 e. The maximum atomic E-state index is 12.4. The van der Waals surface area contributed by atoms with Gasteiger partial charge in [-0.05, 0) is 23.6 Å². The van der Waals surface area contributed by atoms with E-state index in [0.29, 0.717) is 11.3 Å². The predicted molar refractivity (Wildman–Crippen MR) is 92.2 cm³/mol. The van der Waals surface area contributed by atoms with E-state index in [2.05, 4.69) is 17.1 Å². The molecule has 0 aliphatic heterocycles. The maximum Gasteiger partial charge on any atom is 0.188 e. The number of rotatable bonds is 6. The summed E-state index contributed by atoms with van der Waals surface area (Å²) in [6, 6.07) is 17.6. The van der Waals surface area contributed by atoms with Gasteiger partial charge in [0.05, 0.1) is 18.9 Å². The second-order valence-electron chi connectivity index (χ2n) is 5.78. The van der Waals surface area contributed by atoms with Gasteiger partial charge in [-0.15, -0.1) is 0 Å². The van der Waals surface area contributed by atoms with Gasteiger partial charge in [-0.1, -0.05) is 48.5 Å². The van der Waals surface area contributed by atoms with Gasteiger partial charge in [0.1, 0.15) is 5.69 Å². The lowest BCUT2D eigenvalue weighted by molar-refractivity contribution is 0.0889. The number of aromatic nitrogens is 2. The van der Waals surface area contributed by atoms with E-state index in [4.69, 9.17) is 0 Å². The molecule has 4 heteroatoms. The molecule has 0 radical (unpaired) electrons. The normalized spacial score (nSPS) is 10.5. The number of Topliss-reactive ketones (excluding diaryl/α,β-unsaturated/α-hetero) is 2. The molecule has 120 valence electrons. The molecule has 1 heterocycles. The van der Waals surface area contributed by atoms with Gasteiger partial charge < -0.3 is 4.57 Å². The lowest BCUT2D eigenvalue weighted by Gasteiger charge is -2.06. The van der Waals surface area contributed by atoms with Crippen LogP contribution in [0.15, 0.2) is 67.1 Å². The van der Waals surface area contributed by atoms with Gasteiger partial charge in [-0.3, -0.25) is 9.59 Å². The molecular formula is C20H18N2O2. The van der Waals surface area contributed by atoms with Crippen molar-refractivity contribution in [2.75, 3.05) is 0 Å². The largest absolute Gasteiger partial charge is 0.331 e. The first-order valence-corrected chi connectivity index (χ1v) is 7.79. The average Bonchev–Trinajstić information content (AvgIpc) is 3.02. The quantitative estimate of drug-likeness (QED) is 0.516. The number of benzene rings is 2. The summed E-state index contributed by atoms with van der Waals surface area (Å²) in [5, 5.41) is 0. The number of hydrogen-bond donors (Lipinski definition) is 0. The van der Waals surface area contributed by atoms with Crippen molar-refractivity contribution in [3.63, 3.8) is 0 Å². The van der Waals surface area contributed by atoms with Crippen molar-refractivity contribution in [2.24, 2.45) is 7.05 Å². The molecule has 1 aromatic heterocycles. The molecule has 24 heavy (non-hydrogen) atoms. The lowest BCUT2D eigenvalue weighted by atomic mass is 9.99. The standard InChI is InChI=1S/C20H18N2O2/c1-22-14-21-13-18(22)20(24)12-19(23)17-9-5-8-16(11-17)10-15-6-3-2-4-7-15/h2-9,11,13-14H,10,12H2,1H3. The van der Waals surface area contributed by atoms with Crippen molar-refractivity contribution >= 4 is 11.6 Å². The molecule has 0 spiro atoms.